The second kappa shape index (κ2) is 9.66. The van der Waals surface area contributed by atoms with Crippen molar-refractivity contribution in [3.63, 3.8) is 0 Å². The van der Waals surface area contributed by atoms with Gasteiger partial charge in [0, 0.05) is 29.2 Å². The first-order chi connectivity index (χ1) is 13.1. The van der Waals surface area contributed by atoms with Gasteiger partial charge in [0.25, 0.3) is 0 Å². The molecule has 1 aliphatic heterocycles. The van der Waals surface area contributed by atoms with Crippen LogP contribution < -0.4 is 0 Å². The summed E-state index contributed by atoms with van der Waals surface area (Å²) in [7, 11) is 0. The summed E-state index contributed by atoms with van der Waals surface area (Å²) in [4.78, 5) is 26.1. The number of halogens is 2. The van der Waals surface area contributed by atoms with Gasteiger partial charge in [0.05, 0.1) is 6.61 Å². The van der Waals surface area contributed by atoms with Crippen LogP contribution in [0.3, 0.4) is 0 Å². The Bertz CT molecular complexity index is 747. The number of carbonyl (C=O) groups is 2. The molecule has 0 spiro atoms. The molecular weight excluding hydrogens is 401 g/mol. The van der Waals surface area contributed by atoms with Crippen molar-refractivity contribution >= 4 is 40.8 Å². The number of hydrogen-bond acceptors (Lipinski definition) is 4. The summed E-state index contributed by atoms with van der Waals surface area (Å²) in [6.07, 6.45) is 2.55. The number of hydrogen-bond donors (Lipinski definition) is 0. The van der Waals surface area contributed by atoms with Crippen LogP contribution in [0.1, 0.15) is 46.1 Å². The number of piperidine rings is 1. The number of amides is 1. The van der Waals surface area contributed by atoms with Crippen LogP contribution in [0.4, 0.5) is 4.79 Å². The molecule has 0 N–H and O–H groups in total. The molecule has 154 valence electrons. The maximum absolute atomic E-state index is 12.3. The van der Waals surface area contributed by atoms with Crippen molar-refractivity contribution in [1.82, 2.24) is 4.90 Å². The highest BCUT2D eigenvalue weighted by Crippen LogP contribution is 2.37. The summed E-state index contributed by atoms with van der Waals surface area (Å²) < 4.78 is 10.5. The monoisotopic (exact) mass is 427 g/mol. The number of rotatable bonds is 4. The molecule has 0 atom stereocenters. The number of nitrogens with zero attached hydrogens (tertiary/aromatic N) is 1. The zero-order valence-corrected chi connectivity index (χ0v) is 18.3. The third kappa shape index (κ3) is 6.42. The summed E-state index contributed by atoms with van der Waals surface area (Å²) in [5.41, 5.74) is 0.977. The lowest BCUT2D eigenvalue weighted by atomic mass is 9.85. The third-order valence-corrected chi connectivity index (χ3v) is 4.95. The topological polar surface area (TPSA) is 55.8 Å². The van der Waals surface area contributed by atoms with Crippen molar-refractivity contribution in [3.05, 3.63) is 39.9 Å². The summed E-state index contributed by atoms with van der Waals surface area (Å²) in [6.45, 7) is 8.67. The Morgan fingerprint density at radius 1 is 1.21 bits per heavy atom. The van der Waals surface area contributed by atoms with E-state index in [9.17, 15) is 9.59 Å². The van der Waals surface area contributed by atoms with E-state index in [4.69, 9.17) is 32.7 Å². The van der Waals surface area contributed by atoms with Gasteiger partial charge in [0.2, 0.25) is 0 Å². The average molecular weight is 428 g/mol. The Morgan fingerprint density at radius 2 is 1.86 bits per heavy atom. The largest absolute Gasteiger partial charge is 0.463 e. The van der Waals surface area contributed by atoms with E-state index in [0.717, 1.165) is 11.1 Å². The second-order valence-corrected chi connectivity index (χ2v) is 8.56. The minimum Gasteiger partial charge on any atom is -0.463 e. The van der Waals surface area contributed by atoms with Crippen molar-refractivity contribution in [2.45, 2.75) is 46.1 Å². The molecule has 1 heterocycles. The molecule has 5 nitrogen and oxygen atoms in total. The van der Waals surface area contributed by atoms with Crippen LogP contribution in [0.2, 0.25) is 10.0 Å². The molecule has 0 radical (unpaired) electrons. The first-order valence-electron chi connectivity index (χ1n) is 9.42. The van der Waals surface area contributed by atoms with E-state index < -0.39 is 11.6 Å². The third-order valence-electron chi connectivity index (χ3n) is 4.39. The molecule has 1 aromatic rings. The molecule has 0 unspecified atom stereocenters. The molecule has 28 heavy (non-hydrogen) atoms. The first-order valence-corrected chi connectivity index (χ1v) is 10.2. The number of esters is 1. The Balaban J connectivity index is 2.21. The summed E-state index contributed by atoms with van der Waals surface area (Å²) in [5.74, 6) is -0.359. The Kier molecular flexibility index (Phi) is 7.79. The van der Waals surface area contributed by atoms with E-state index in [1.807, 2.05) is 20.8 Å². The molecule has 1 amide bonds. The van der Waals surface area contributed by atoms with Crippen LogP contribution in [0.25, 0.3) is 5.57 Å². The molecule has 2 rings (SSSR count). The van der Waals surface area contributed by atoms with Crippen molar-refractivity contribution in [2.24, 2.45) is 5.92 Å². The van der Waals surface area contributed by atoms with E-state index in [1.54, 1.807) is 30.0 Å². The lowest BCUT2D eigenvalue weighted by Crippen LogP contribution is -2.41. The van der Waals surface area contributed by atoms with E-state index in [-0.39, 0.29) is 12.0 Å². The molecule has 7 heteroatoms. The molecule has 0 saturated carbocycles. The Labute approximate surface area is 176 Å². The molecule has 1 aliphatic rings. The maximum atomic E-state index is 12.3. The summed E-state index contributed by atoms with van der Waals surface area (Å²) in [6, 6.07) is 5.18. The highest BCUT2D eigenvalue weighted by atomic mass is 35.5. The number of carbonyl (C=O) groups excluding carboxylic acids is 2. The number of likely N-dealkylation sites (tertiary alicyclic amines) is 1. The average Bonchev–Trinajstić information content (AvgIpc) is 2.61. The van der Waals surface area contributed by atoms with Crippen LogP contribution in [-0.2, 0) is 14.3 Å². The number of allylic oxidation sites excluding steroid dienone is 1. The van der Waals surface area contributed by atoms with Gasteiger partial charge in [-0.15, -0.1) is 0 Å². The standard InChI is InChI=1S/C21H27Cl2NO4/c1-5-27-19(25)13-16(17-12-15(22)6-7-18(17)23)14-8-10-24(11-9-14)20(26)28-21(2,3)4/h6-7,12-14H,5,8-11H2,1-4H3/b16-13+. The van der Waals surface area contributed by atoms with Crippen molar-refractivity contribution in [2.75, 3.05) is 19.7 Å². The van der Waals surface area contributed by atoms with Gasteiger partial charge < -0.3 is 14.4 Å². The molecule has 1 aromatic carbocycles. The molecule has 0 bridgehead atoms. The predicted octanol–water partition coefficient (Wildman–Crippen LogP) is 5.59. The SMILES string of the molecule is CCOC(=O)/C=C(/c1cc(Cl)ccc1Cl)C1CCN(C(=O)OC(C)(C)C)CC1. The molecule has 1 fully saturated rings. The van der Waals surface area contributed by atoms with Crippen molar-refractivity contribution in [1.29, 1.82) is 0 Å². The zero-order valence-electron chi connectivity index (χ0n) is 16.8. The molecule has 0 aliphatic carbocycles. The molecular formula is C21H27Cl2NO4. The fourth-order valence-corrected chi connectivity index (χ4v) is 3.54. The van der Waals surface area contributed by atoms with Crippen molar-refractivity contribution < 1.29 is 19.1 Å². The fourth-order valence-electron chi connectivity index (χ4n) is 3.14. The predicted molar refractivity (Wildman–Crippen MR) is 112 cm³/mol. The van der Waals surface area contributed by atoms with Gasteiger partial charge in [-0.2, -0.15) is 0 Å². The van der Waals surface area contributed by atoms with Crippen LogP contribution >= 0.6 is 23.2 Å². The second-order valence-electron chi connectivity index (χ2n) is 7.72. The van der Waals surface area contributed by atoms with Gasteiger partial charge >= 0.3 is 12.1 Å². The summed E-state index contributed by atoms with van der Waals surface area (Å²) >= 11 is 12.5. The van der Waals surface area contributed by atoms with Crippen LogP contribution in [-0.4, -0.2) is 42.3 Å². The van der Waals surface area contributed by atoms with Gasteiger partial charge in [-0.3, -0.25) is 0 Å². The Hall–Kier alpha value is -1.72. The van der Waals surface area contributed by atoms with Gasteiger partial charge in [-0.05, 0) is 75.8 Å². The van der Waals surface area contributed by atoms with E-state index >= 15 is 0 Å². The van der Waals surface area contributed by atoms with Gasteiger partial charge in [-0.25, -0.2) is 9.59 Å². The lowest BCUT2D eigenvalue weighted by molar-refractivity contribution is -0.137. The zero-order chi connectivity index (χ0) is 20.9. The van der Waals surface area contributed by atoms with Crippen LogP contribution in [0.15, 0.2) is 24.3 Å². The molecule has 1 saturated heterocycles. The van der Waals surface area contributed by atoms with E-state index in [2.05, 4.69) is 0 Å². The fraction of sp³-hybridized carbons (Fsp3) is 0.524. The lowest BCUT2D eigenvalue weighted by Gasteiger charge is -2.34. The molecule has 0 aromatic heterocycles. The van der Waals surface area contributed by atoms with Gasteiger partial charge in [-0.1, -0.05) is 23.2 Å². The quantitative estimate of drug-likeness (QED) is 0.464. The normalized spacial score (nSPS) is 16.1. The van der Waals surface area contributed by atoms with Crippen LogP contribution in [0, 0.1) is 5.92 Å². The van der Waals surface area contributed by atoms with E-state index in [0.29, 0.717) is 42.6 Å². The minimum absolute atomic E-state index is 0.0547. The smallest absolute Gasteiger partial charge is 0.410 e. The van der Waals surface area contributed by atoms with E-state index in [1.165, 1.54) is 6.08 Å². The van der Waals surface area contributed by atoms with Gasteiger partial charge in [0.1, 0.15) is 5.60 Å². The van der Waals surface area contributed by atoms with Crippen molar-refractivity contribution in [3.8, 4) is 0 Å². The Morgan fingerprint density at radius 3 is 2.43 bits per heavy atom. The number of ether oxygens (including phenoxy) is 2. The number of benzene rings is 1. The highest BCUT2D eigenvalue weighted by Gasteiger charge is 2.29. The first kappa shape index (κ1) is 22.6. The minimum atomic E-state index is -0.531. The van der Waals surface area contributed by atoms with Crippen LogP contribution in [0.5, 0.6) is 0 Å². The summed E-state index contributed by atoms with van der Waals surface area (Å²) in [5, 5.41) is 1.06. The van der Waals surface area contributed by atoms with Gasteiger partial charge in [0.15, 0.2) is 0 Å². The maximum Gasteiger partial charge on any atom is 0.410 e. The highest BCUT2D eigenvalue weighted by molar-refractivity contribution is 6.34.